The van der Waals surface area contributed by atoms with Crippen LogP contribution in [0.5, 0.6) is 0 Å². The van der Waals surface area contributed by atoms with Gasteiger partial charge < -0.3 is 14.8 Å². The Balaban J connectivity index is 1.66. The number of aromatic nitrogens is 2. The lowest BCUT2D eigenvalue weighted by molar-refractivity contribution is -0.134. The van der Waals surface area contributed by atoms with Crippen LogP contribution in [0, 0.1) is 5.82 Å². The third-order valence-corrected chi connectivity index (χ3v) is 4.26. The quantitative estimate of drug-likeness (QED) is 0.933. The summed E-state index contributed by atoms with van der Waals surface area (Å²) in [6.45, 7) is 2.19. The van der Waals surface area contributed by atoms with Gasteiger partial charge in [0.05, 0.1) is 0 Å². The van der Waals surface area contributed by atoms with Crippen LogP contribution < -0.4 is 5.32 Å². The summed E-state index contributed by atoms with van der Waals surface area (Å²) in [5, 5.41) is 3.33. The number of rotatable bonds is 4. The standard InChI is InChI=1S/C17H21FN4O/c1-21-10-9-20-17(21)15-12-19-8-11-22(15)16(23)7-4-13-2-5-14(18)6-3-13/h2-3,5-6,9-10,15,19H,4,7-8,11-12H2,1H3. The number of nitrogens with one attached hydrogen (secondary N) is 1. The van der Waals surface area contributed by atoms with Gasteiger partial charge in [-0.2, -0.15) is 0 Å². The first-order valence-corrected chi connectivity index (χ1v) is 7.87. The van der Waals surface area contributed by atoms with Gasteiger partial charge in [0.2, 0.25) is 5.91 Å². The third-order valence-electron chi connectivity index (χ3n) is 4.26. The van der Waals surface area contributed by atoms with E-state index >= 15 is 0 Å². The molecule has 1 saturated heterocycles. The van der Waals surface area contributed by atoms with Crippen molar-refractivity contribution >= 4 is 5.91 Å². The molecule has 1 aromatic heterocycles. The first-order chi connectivity index (χ1) is 11.1. The maximum atomic E-state index is 12.9. The van der Waals surface area contributed by atoms with Gasteiger partial charge in [-0.15, -0.1) is 0 Å². The zero-order valence-electron chi connectivity index (χ0n) is 13.2. The average molecular weight is 316 g/mol. The predicted octanol–water partition coefficient (Wildman–Crippen LogP) is 1.66. The fourth-order valence-electron chi connectivity index (χ4n) is 2.98. The summed E-state index contributed by atoms with van der Waals surface area (Å²) in [7, 11) is 1.94. The monoisotopic (exact) mass is 316 g/mol. The molecule has 1 atom stereocenters. The molecule has 1 aliphatic rings. The molecule has 0 bridgehead atoms. The molecular formula is C17H21FN4O. The Bertz CT molecular complexity index is 667. The van der Waals surface area contributed by atoms with Gasteiger partial charge in [0.1, 0.15) is 17.7 Å². The zero-order chi connectivity index (χ0) is 16.2. The van der Waals surface area contributed by atoms with Crippen LogP contribution in [0.4, 0.5) is 4.39 Å². The minimum atomic E-state index is -0.253. The molecule has 1 unspecified atom stereocenters. The molecular weight excluding hydrogens is 295 g/mol. The summed E-state index contributed by atoms with van der Waals surface area (Å²) < 4.78 is 14.9. The topological polar surface area (TPSA) is 50.2 Å². The van der Waals surface area contributed by atoms with Crippen LogP contribution in [0.25, 0.3) is 0 Å². The van der Waals surface area contributed by atoms with Crippen LogP contribution in [0.1, 0.15) is 23.9 Å². The summed E-state index contributed by atoms with van der Waals surface area (Å²) >= 11 is 0. The van der Waals surface area contributed by atoms with Crippen molar-refractivity contribution in [2.75, 3.05) is 19.6 Å². The highest BCUT2D eigenvalue weighted by Crippen LogP contribution is 2.21. The number of hydrogen-bond donors (Lipinski definition) is 1. The Morgan fingerprint density at radius 2 is 2.17 bits per heavy atom. The van der Waals surface area contributed by atoms with E-state index in [1.165, 1.54) is 12.1 Å². The van der Waals surface area contributed by atoms with Crippen molar-refractivity contribution in [3.8, 4) is 0 Å². The minimum Gasteiger partial charge on any atom is -0.336 e. The van der Waals surface area contributed by atoms with Gasteiger partial charge in [-0.3, -0.25) is 4.79 Å². The van der Waals surface area contributed by atoms with Crippen molar-refractivity contribution < 1.29 is 9.18 Å². The molecule has 1 fully saturated rings. The third kappa shape index (κ3) is 3.59. The van der Waals surface area contributed by atoms with Crippen LogP contribution in [-0.4, -0.2) is 40.0 Å². The second-order valence-electron chi connectivity index (χ2n) is 5.83. The zero-order valence-corrected chi connectivity index (χ0v) is 13.2. The number of amides is 1. The minimum absolute atomic E-state index is 0.0375. The SMILES string of the molecule is Cn1ccnc1C1CNCCN1C(=O)CCc1ccc(F)cc1. The van der Waals surface area contributed by atoms with Crippen LogP contribution in [0.3, 0.4) is 0 Å². The van der Waals surface area contributed by atoms with Gasteiger partial charge in [0, 0.05) is 45.5 Å². The Labute approximate surface area is 135 Å². The number of halogens is 1. The molecule has 23 heavy (non-hydrogen) atoms. The highest BCUT2D eigenvalue weighted by atomic mass is 19.1. The van der Waals surface area contributed by atoms with Gasteiger partial charge >= 0.3 is 0 Å². The van der Waals surface area contributed by atoms with E-state index in [-0.39, 0.29) is 17.8 Å². The van der Waals surface area contributed by atoms with Crippen molar-refractivity contribution in [2.24, 2.45) is 7.05 Å². The molecule has 122 valence electrons. The summed E-state index contributed by atoms with van der Waals surface area (Å²) in [5.41, 5.74) is 0.975. The number of piperazine rings is 1. The van der Waals surface area contributed by atoms with E-state index in [1.54, 1.807) is 18.3 Å². The average Bonchev–Trinajstić information content (AvgIpc) is 3.00. The smallest absolute Gasteiger partial charge is 0.223 e. The molecule has 0 saturated carbocycles. The maximum Gasteiger partial charge on any atom is 0.223 e. The van der Waals surface area contributed by atoms with Crippen molar-refractivity contribution in [3.63, 3.8) is 0 Å². The van der Waals surface area contributed by atoms with E-state index in [1.807, 2.05) is 22.7 Å². The number of benzene rings is 1. The summed E-state index contributed by atoms with van der Waals surface area (Å²) in [5.74, 6) is 0.758. The van der Waals surface area contributed by atoms with Crippen LogP contribution in [-0.2, 0) is 18.3 Å². The molecule has 2 heterocycles. The van der Waals surface area contributed by atoms with E-state index in [0.717, 1.165) is 17.9 Å². The van der Waals surface area contributed by atoms with E-state index in [4.69, 9.17) is 0 Å². The number of aryl methyl sites for hydroxylation is 2. The number of carbonyl (C=O) groups is 1. The molecule has 1 amide bonds. The highest BCUT2D eigenvalue weighted by molar-refractivity contribution is 5.77. The van der Waals surface area contributed by atoms with E-state index in [2.05, 4.69) is 10.3 Å². The normalized spacial score (nSPS) is 18.2. The van der Waals surface area contributed by atoms with Gasteiger partial charge in [-0.05, 0) is 24.1 Å². The largest absolute Gasteiger partial charge is 0.336 e. The second-order valence-corrected chi connectivity index (χ2v) is 5.83. The lowest BCUT2D eigenvalue weighted by Gasteiger charge is -2.35. The van der Waals surface area contributed by atoms with Crippen molar-refractivity contribution in [3.05, 3.63) is 53.9 Å². The van der Waals surface area contributed by atoms with Gasteiger partial charge in [-0.25, -0.2) is 9.37 Å². The predicted molar refractivity (Wildman–Crippen MR) is 85.3 cm³/mol. The lowest BCUT2D eigenvalue weighted by Crippen LogP contribution is -2.49. The maximum absolute atomic E-state index is 12.9. The van der Waals surface area contributed by atoms with Crippen LogP contribution >= 0.6 is 0 Å². The lowest BCUT2D eigenvalue weighted by atomic mass is 10.1. The molecule has 3 rings (SSSR count). The first-order valence-electron chi connectivity index (χ1n) is 7.87. The molecule has 5 nitrogen and oxygen atoms in total. The summed E-state index contributed by atoms with van der Waals surface area (Å²) in [6, 6.07) is 6.29. The van der Waals surface area contributed by atoms with Gasteiger partial charge in [0.25, 0.3) is 0 Å². The molecule has 1 aliphatic heterocycles. The van der Waals surface area contributed by atoms with E-state index in [9.17, 15) is 9.18 Å². The van der Waals surface area contributed by atoms with Gasteiger partial charge in [-0.1, -0.05) is 12.1 Å². The fraction of sp³-hybridized carbons (Fsp3) is 0.412. The van der Waals surface area contributed by atoms with E-state index in [0.29, 0.717) is 25.9 Å². The number of carbonyl (C=O) groups excluding carboxylic acids is 1. The Kier molecular flexibility index (Phi) is 4.71. The molecule has 1 aromatic carbocycles. The van der Waals surface area contributed by atoms with Crippen molar-refractivity contribution in [1.82, 2.24) is 19.8 Å². The highest BCUT2D eigenvalue weighted by Gasteiger charge is 2.29. The Hall–Kier alpha value is -2.21. The Morgan fingerprint density at radius 1 is 1.39 bits per heavy atom. The fourth-order valence-corrected chi connectivity index (χ4v) is 2.98. The molecule has 1 N–H and O–H groups in total. The molecule has 0 spiro atoms. The number of imidazole rings is 1. The first kappa shape index (κ1) is 15.7. The second kappa shape index (κ2) is 6.91. The summed E-state index contributed by atoms with van der Waals surface area (Å²) in [6.07, 6.45) is 4.69. The number of hydrogen-bond acceptors (Lipinski definition) is 3. The molecule has 0 radical (unpaired) electrons. The van der Waals surface area contributed by atoms with Crippen LogP contribution in [0.15, 0.2) is 36.7 Å². The van der Waals surface area contributed by atoms with Crippen LogP contribution in [0.2, 0.25) is 0 Å². The van der Waals surface area contributed by atoms with Crippen molar-refractivity contribution in [1.29, 1.82) is 0 Å². The van der Waals surface area contributed by atoms with Crippen molar-refractivity contribution in [2.45, 2.75) is 18.9 Å². The number of nitrogens with zero attached hydrogens (tertiary/aromatic N) is 3. The van der Waals surface area contributed by atoms with Gasteiger partial charge in [0.15, 0.2) is 0 Å². The molecule has 6 heteroatoms. The summed E-state index contributed by atoms with van der Waals surface area (Å²) in [4.78, 5) is 18.9. The molecule has 0 aliphatic carbocycles. The molecule has 2 aromatic rings. The Morgan fingerprint density at radius 3 is 2.87 bits per heavy atom. The van der Waals surface area contributed by atoms with E-state index < -0.39 is 0 Å².